The fraction of sp³-hybridized carbons (Fsp3) is 0.258. The van der Waals surface area contributed by atoms with E-state index in [1.54, 1.807) is 18.2 Å². The van der Waals surface area contributed by atoms with Gasteiger partial charge in [0.15, 0.2) is 0 Å². The van der Waals surface area contributed by atoms with Gasteiger partial charge < -0.3 is 0 Å². The number of halogens is 6. The molecule has 0 saturated heterocycles. The van der Waals surface area contributed by atoms with Crippen molar-refractivity contribution in [2.24, 2.45) is 0 Å². The summed E-state index contributed by atoms with van der Waals surface area (Å²) in [5, 5.41) is 1.14. The van der Waals surface area contributed by atoms with Gasteiger partial charge in [0.2, 0.25) is 0 Å². The highest BCUT2D eigenvalue weighted by atomic mass is 19.4. The van der Waals surface area contributed by atoms with Crippen molar-refractivity contribution in [3.05, 3.63) is 124 Å². The van der Waals surface area contributed by atoms with E-state index in [2.05, 4.69) is 17.1 Å². The van der Waals surface area contributed by atoms with E-state index in [9.17, 15) is 22.0 Å². The van der Waals surface area contributed by atoms with Crippen LogP contribution < -0.4 is 0 Å². The maximum absolute atomic E-state index is 15.2. The highest BCUT2D eigenvalue weighted by molar-refractivity contribution is 5.84. The molecule has 38 heavy (non-hydrogen) atoms. The van der Waals surface area contributed by atoms with Crippen LogP contribution in [0.15, 0.2) is 72.9 Å². The van der Waals surface area contributed by atoms with Crippen LogP contribution >= 0.6 is 0 Å². The number of aryl methyl sites for hydroxylation is 5. The topological polar surface area (TPSA) is 12.9 Å². The molecule has 0 radical (unpaired) electrons. The number of fused-ring (bicyclic) bond motifs is 1. The summed E-state index contributed by atoms with van der Waals surface area (Å²) in [6.45, 7) is 2.00. The maximum atomic E-state index is 15.2. The minimum atomic E-state index is -5.12. The fourth-order valence-electron chi connectivity index (χ4n) is 4.49. The van der Waals surface area contributed by atoms with Gasteiger partial charge in [0.05, 0.1) is 0 Å². The summed E-state index contributed by atoms with van der Waals surface area (Å²) in [6.07, 6.45) is 4.46. The first kappa shape index (κ1) is 27.4. The zero-order valence-electron chi connectivity index (χ0n) is 20.9. The third-order valence-electron chi connectivity index (χ3n) is 6.56. The van der Waals surface area contributed by atoms with Crippen molar-refractivity contribution in [2.75, 3.05) is 0 Å². The second kappa shape index (κ2) is 11.8. The minimum absolute atomic E-state index is 0.00637. The van der Waals surface area contributed by atoms with E-state index in [-0.39, 0.29) is 18.4 Å². The van der Waals surface area contributed by atoms with Crippen molar-refractivity contribution < 1.29 is 26.3 Å². The summed E-state index contributed by atoms with van der Waals surface area (Å²) >= 11 is 0. The Labute approximate surface area is 217 Å². The lowest BCUT2D eigenvalue weighted by Crippen LogP contribution is -2.12. The molecule has 1 aromatic heterocycles. The molecule has 0 aliphatic rings. The molecule has 0 spiro atoms. The van der Waals surface area contributed by atoms with Crippen molar-refractivity contribution in [1.29, 1.82) is 0 Å². The molecule has 0 fully saturated rings. The van der Waals surface area contributed by atoms with Gasteiger partial charge in [0.1, 0.15) is 23.0 Å². The monoisotopic (exact) mass is 527 g/mol. The van der Waals surface area contributed by atoms with E-state index in [1.165, 1.54) is 5.56 Å². The number of allylic oxidation sites excluding steroid dienone is 2. The molecule has 0 atom stereocenters. The Hall–Kier alpha value is -3.61. The Morgan fingerprint density at radius 3 is 2.11 bits per heavy atom. The summed E-state index contributed by atoms with van der Waals surface area (Å²) in [5.74, 6) is -3.79. The van der Waals surface area contributed by atoms with Gasteiger partial charge in [-0.2, -0.15) is 13.2 Å². The van der Waals surface area contributed by atoms with Gasteiger partial charge in [-0.25, -0.2) is 13.2 Å². The number of hydrogen-bond acceptors (Lipinski definition) is 1. The zero-order valence-corrected chi connectivity index (χ0v) is 20.9. The van der Waals surface area contributed by atoms with E-state index >= 15 is 4.39 Å². The van der Waals surface area contributed by atoms with Crippen LogP contribution in [0.4, 0.5) is 26.3 Å². The largest absolute Gasteiger partial charge is 0.422 e. The third-order valence-corrected chi connectivity index (χ3v) is 6.56. The fourth-order valence-corrected chi connectivity index (χ4v) is 4.49. The van der Waals surface area contributed by atoms with Gasteiger partial charge in [0.25, 0.3) is 0 Å². The van der Waals surface area contributed by atoms with Gasteiger partial charge in [-0.3, -0.25) is 4.98 Å². The van der Waals surface area contributed by atoms with Crippen LogP contribution in [-0.4, -0.2) is 4.98 Å². The molecule has 4 rings (SSSR count). The van der Waals surface area contributed by atoms with Crippen LogP contribution in [0, 0.1) is 17.5 Å². The van der Waals surface area contributed by atoms with Crippen molar-refractivity contribution in [3.63, 3.8) is 0 Å². The lowest BCUT2D eigenvalue weighted by atomic mass is 9.97. The maximum Gasteiger partial charge on any atom is 0.422 e. The normalized spacial score (nSPS) is 12.1. The Morgan fingerprint density at radius 2 is 1.45 bits per heavy atom. The molecule has 1 heterocycles. The molecule has 3 aromatic carbocycles. The highest BCUT2D eigenvalue weighted by Crippen LogP contribution is 2.34. The Morgan fingerprint density at radius 1 is 0.737 bits per heavy atom. The number of pyridine rings is 1. The van der Waals surface area contributed by atoms with E-state index in [0.717, 1.165) is 42.3 Å². The molecular formula is C31H27F6N. The van der Waals surface area contributed by atoms with Crippen molar-refractivity contribution in [2.45, 2.75) is 51.6 Å². The van der Waals surface area contributed by atoms with Crippen LogP contribution in [0.3, 0.4) is 0 Å². The van der Waals surface area contributed by atoms with E-state index < -0.39 is 29.2 Å². The van der Waals surface area contributed by atoms with E-state index in [4.69, 9.17) is 0 Å². The second-order valence-electron chi connectivity index (χ2n) is 9.29. The molecular weight excluding hydrogens is 500 g/mol. The third kappa shape index (κ3) is 6.63. The second-order valence-corrected chi connectivity index (χ2v) is 9.29. The molecule has 0 N–H and O–H groups in total. The quantitative estimate of drug-likeness (QED) is 0.157. The number of hydrogen-bond donors (Lipinski definition) is 0. The Balaban J connectivity index is 1.41. The molecule has 0 aliphatic carbocycles. The average Bonchev–Trinajstić information content (AvgIpc) is 2.87. The first-order chi connectivity index (χ1) is 18.2. The van der Waals surface area contributed by atoms with Gasteiger partial charge >= 0.3 is 6.18 Å². The van der Waals surface area contributed by atoms with Crippen LogP contribution in [-0.2, 0) is 38.3 Å². The molecule has 7 heteroatoms. The van der Waals surface area contributed by atoms with Gasteiger partial charge in [0, 0.05) is 17.3 Å². The summed E-state index contributed by atoms with van der Waals surface area (Å²) in [4.78, 5) is 4.55. The first-order valence-corrected chi connectivity index (χ1v) is 12.5. The number of alkyl halides is 3. The summed E-state index contributed by atoms with van der Waals surface area (Å²) < 4.78 is 81.3. The molecule has 0 amide bonds. The number of nitrogens with zero attached hydrogens (tertiary/aromatic N) is 1. The Kier molecular flexibility index (Phi) is 8.55. The van der Waals surface area contributed by atoms with E-state index in [0.29, 0.717) is 23.1 Å². The van der Waals surface area contributed by atoms with Crippen LogP contribution in [0.2, 0.25) is 0 Å². The molecule has 4 aromatic rings. The SMILES string of the molecule is C/C=C/CCc1ccc(CCc2ccc3c(F)c(CCc4cc(F)c(C(F)(F)F)c(F)c4)ccc3c2)nc1. The van der Waals surface area contributed by atoms with Crippen molar-refractivity contribution in [3.8, 4) is 0 Å². The lowest BCUT2D eigenvalue weighted by molar-refractivity contribution is -0.142. The predicted octanol–water partition coefficient (Wildman–Crippen LogP) is 8.75. The first-order valence-electron chi connectivity index (χ1n) is 12.5. The van der Waals surface area contributed by atoms with Crippen LogP contribution in [0.1, 0.15) is 46.9 Å². The molecule has 0 aliphatic heterocycles. The standard InChI is InChI=1S/C31H27F6N/c1-2-3-4-5-21-8-14-25(38-19-21)13-7-20-9-15-26-24(16-20)12-11-23(30(26)34)10-6-22-17-27(32)29(28(33)18-22)31(35,36)37/h2-3,8-9,11-12,14-19H,4-7,10,13H2,1H3/b3-2+. The highest BCUT2D eigenvalue weighted by Gasteiger charge is 2.37. The summed E-state index contributed by atoms with van der Waals surface area (Å²) in [7, 11) is 0. The van der Waals surface area contributed by atoms with Crippen molar-refractivity contribution >= 4 is 10.8 Å². The predicted molar refractivity (Wildman–Crippen MR) is 137 cm³/mol. The number of rotatable bonds is 9. The molecule has 0 bridgehead atoms. The lowest BCUT2D eigenvalue weighted by Gasteiger charge is -2.12. The Bertz CT molecular complexity index is 1410. The minimum Gasteiger partial charge on any atom is -0.261 e. The molecule has 198 valence electrons. The average molecular weight is 528 g/mol. The number of benzene rings is 3. The summed E-state index contributed by atoms with van der Waals surface area (Å²) in [6, 6.07) is 14.3. The smallest absolute Gasteiger partial charge is 0.261 e. The number of aromatic nitrogens is 1. The van der Waals surface area contributed by atoms with Crippen LogP contribution in [0.25, 0.3) is 10.8 Å². The van der Waals surface area contributed by atoms with Crippen LogP contribution in [0.5, 0.6) is 0 Å². The van der Waals surface area contributed by atoms with E-state index in [1.807, 2.05) is 37.4 Å². The molecule has 0 saturated carbocycles. The van der Waals surface area contributed by atoms with Gasteiger partial charge in [-0.05, 0) is 91.3 Å². The van der Waals surface area contributed by atoms with Crippen molar-refractivity contribution in [1.82, 2.24) is 4.98 Å². The van der Waals surface area contributed by atoms with Gasteiger partial charge in [-0.1, -0.05) is 48.6 Å². The molecule has 1 nitrogen and oxygen atoms in total. The summed E-state index contributed by atoms with van der Waals surface area (Å²) in [5.41, 5.74) is 1.66. The van der Waals surface area contributed by atoms with Gasteiger partial charge in [-0.15, -0.1) is 0 Å². The zero-order chi connectivity index (χ0) is 27.3. The molecule has 0 unspecified atom stereocenters.